The second kappa shape index (κ2) is 12.2. The van der Waals surface area contributed by atoms with Gasteiger partial charge in [0, 0.05) is 18.1 Å². The maximum Gasteiger partial charge on any atom is 0.264 e. The van der Waals surface area contributed by atoms with Crippen LogP contribution in [0.25, 0.3) is 0 Å². The van der Waals surface area contributed by atoms with Crippen molar-refractivity contribution in [2.24, 2.45) is 0 Å². The fourth-order valence-electron chi connectivity index (χ4n) is 3.74. The van der Waals surface area contributed by atoms with Crippen LogP contribution < -0.4 is 9.62 Å². The SMILES string of the molecule is CCNC(=O)C(C)N(Cc1cccc(Cl)c1)C(=O)CN(c1ccccc1F)S(=O)(=O)c1ccc(C)cc1. The van der Waals surface area contributed by atoms with Gasteiger partial charge in [0.1, 0.15) is 18.4 Å². The van der Waals surface area contributed by atoms with Gasteiger partial charge in [-0.2, -0.15) is 0 Å². The van der Waals surface area contributed by atoms with Crippen LogP contribution in [-0.2, 0) is 26.2 Å². The summed E-state index contributed by atoms with van der Waals surface area (Å²) in [6.45, 7) is 4.74. The Bertz CT molecular complexity index is 1370. The smallest absolute Gasteiger partial charge is 0.264 e. The Morgan fingerprint density at radius 3 is 2.32 bits per heavy atom. The number of rotatable bonds is 10. The number of amides is 2. The summed E-state index contributed by atoms with van der Waals surface area (Å²) in [6, 6.07) is 17.3. The third kappa shape index (κ3) is 6.87. The summed E-state index contributed by atoms with van der Waals surface area (Å²) in [7, 11) is -4.33. The van der Waals surface area contributed by atoms with Gasteiger partial charge in [-0.3, -0.25) is 13.9 Å². The minimum atomic E-state index is -4.33. The van der Waals surface area contributed by atoms with Crippen LogP contribution in [0.5, 0.6) is 0 Å². The molecule has 0 heterocycles. The van der Waals surface area contributed by atoms with Crippen molar-refractivity contribution in [3.05, 3.63) is 94.8 Å². The molecule has 0 saturated carbocycles. The lowest BCUT2D eigenvalue weighted by molar-refractivity contribution is -0.139. The van der Waals surface area contributed by atoms with Crippen LogP contribution in [0, 0.1) is 12.7 Å². The molecule has 0 aliphatic rings. The molecule has 0 bridgehead atoms. The van der Waals surface area contributed by atoms with Crippen molar-refractivity contribution in [3.8, 4) is 0 Å². The van der Waals surface area contributed by atoms with Gasteiger partial charge in [-0.1, -0.05) is 53.6 Å². The third-order valence-electron chi connectivity index (χ3n) is 5.77. The van der Waals surface area contributed by atoms with E-state index in [0.29, 0.717) is 17.1 Å². The summed E-state index contributed by atoms with van der Waals surface area (Å²) in [4.78, 5) is 27.5. The first kappa shape index (κ1) is 28.1. The highest BCUT2D eigenvalue weighted by Crippen LogP contribution is 2.27. The third-order valence-corrected chi connectivity index (χ3v) is 7.78. The Hall–Kier alpha value is -3.43. The molecule has 2 amide bonds. The van der Waals surface area contributed by atoms with Crippen molar-refractivity contribution < 1.29 is 22.4 Å². The van der Waals surface area contributed by atoms with Gasteiger partial charge in [0.15, 0.2) is 0 Å². The molecule has 0 aromatic heterocycles. The lowest BCUT2D eigenvalue weighted by Gasteiger charge is -2.32. The number of hydrogen-bond donors (Lipinski definition) is 1. The number of hydrogen-bond acceptors (Lipinski definition) is 4. The molecule has 196 valence electrons. The Labute approximate surface area is 221 Å². The van der Waals surface area contributed by atoms with Gasteiger partial charge in [0.25, 0.3) is 10.0 Å². The number of aryl methyl sites for hydroxylation is 1. The van der Waals surface area contributed by atoms with E-state index >= 15 is 0 Å². The summed E-state index contributed by atoms with van der Waals surface area (Å²) in [5.74, 6) is -1.89. The van der Waals surface area contributed by atoms with E-state index in [4.69, 9.17) is 11.6 Å². The molecule has 1 unspecified atom stereocenters. The topological polar surface area (TPSA) is 86.8 Å². The number of nitrogens with zero attached hydrogens (tertiary/aromatic N) is 2. The van der Waals surface area contributed by atoms with Crippen LogP contribution in [0.1, 0.15) is 25.0 Å². The quantitative estimate of drug-likeness (QED) is 0.405. The van der Waals surface area contributed by atoms with Gasteiger partial charge in [0.2, 0.25) is 11.8 Å². The molecule has 10 heteroatoms. The van der Waals surface area contributed by atoms with E-state index in [-0.39, 0.29) is 17.1 Å². The van der Waals surface area contributed by atoms with Crippen LogP contribution in [0.4, 0.5) is 10.1 Å². The molecule has 0 aliphatic heterocycles. The number of anilines is 1. The summed E-state index contributed by atoms with van der Waals surface area (Å²) >= 11 is 6.11. The molecular weight excluding hydrogens is 517 g/mol. The molecule has 7 nitrogen and oxygen atoms in total. The second-order valence-electron chi connectivity index (χ2n) is 8.50. The number of sulfonamides is 1. The van der Waals surface area contributed by atoms with Crippen molar-refractivity contribution in [2.45, 2.75) is 38.3 Å². The van der Waals surface area contributed by atoms with E-state index in [0.717, 1.165) is 15.9 Å². The van der Waals surface area contributed by atoms with E-state index in [1.165, 1.54) is 35.2 Å². The Morgan fingerprint density at radius 1 is 1.03 bits per heavy atom. The van der Waals surface area contributed by atoms with Crippen molar-refractivity contribution >= 4 is 39.1 Å². The number of carbonyl (C=O) groups excluding carboxylic acids is 2. The Balaban J connectivity index is 2.04. The first-order valence-corrected chi connectivity index (χ1v) is 13.5. The molecule has 0 fully saturated rings. The van der Waals surface area contributed by atoms with Crippen molar-refractivity contribution in [1.82, 2.24) is 10.2 Å². The molecule has 1 atom stereocenters. The van der Waals surface area contributed by atoms with Crippen LogP contribution in [0.2, 0.25) is 5.02 Å². The first-order chi connectivity index (χ1) is 17.5. The normalized spacial score (nSPS) is 12.0. The highest BCUT2D eigenvalue weighted by Gasteiger charge is 2.33. The standard InChI is InChI=1S/C27H29ClFN3O4S/c1-4-30-27(34)20(3)31(17-21-8-7-9-22(28)16-21)26(33)18-32(25-11-6-5-10-24(25)29)37(35,36)23-14-12-19(2)13-15-23/h5-16,20H,4,17-18H2,1-3H3,(H,30,34). The fourth-order valence-corrected chi connectivity index (χ4v) is 5.38. The zero-order valence-electron chi connectivity index (χ0n) is 20.8. The predicted molar refractivity (Wildman–Crippen MR) is 142 cm³/mol. The molecular formula is C27H29ClFN3O4S. The maximum atomic E-state index is 14.9. The van der Waals surface area contributed by atoms with E-state index < -0.39 is 40.2 Å². The summed E-state index contributed by atoms with van der Waals surface area (Å²) in [6.07, 6.45) is 0. The number of benzene rings is 3. The van der Waals surface area contributed by atoms with Crippen molar-refractivity contribution in [3.63, 3.8) is 0 Å². The molecule has 0 saturated heterocycles. The molecule has 37 heavy (non-hydrogen) atoms. The van der Waals surface area contributed by atoms with Crippen LogP contribution in [-0.4, -0.2) is 44.3 Å². The zero-order valence-corrected chi connectivity index (χ0v) is 22.4. The molecule has 0 aliphatic carbocycles. The highest BCUT2D eigenvalue weighted by molar-refractivity contribution is 7.92. The van der Waals surface area contributed by atoms with E-state index in [9.17, 15) is 22.4 Å². The number of nitrogens with one attached hydrogen (secondary N) is 1. The van der Waals surface area contributed by atoms with E-state index in [1.54, 1.807) is 50.2 Å². The number of likely N-dealkylation sites (N-methyl/N-ethyl adjacent to an activating group) is 1. The average Bonchev–Trinajstić information content (AvgIpc) is 2.86. The Morgan fingerprint density at radius 2 is 1.70 bits per heavy atom. The van der Waals surface area contributed by atoms with Gasteiger partial charge in [-0.15, -0.1) is 0 Å². The maximum absolute atomic E-state index is 14.9. The van der Waals surface area contributed by atoms with Gasteiger partial charge in [-0.25, -0.2) is 12.8 Å². The van der Waals surface area contributed by atoms with Gasteiger partial charge >= 0.3 is 0 Å². The summed E-state index contributed by atoms with van der Waals surface area (Å²) < 4.78 is 42.9. The van der Waals surface area contributed by atoms with Crippen LogP contribution >= 0.6 is 11.6 Å². The highest BCUT2D eigenvalue weighted by atomic mass is 35.5. The Kier molecular flexibility index (Phi) is 9.29. The molecule has 3 aromatic rings. The van der Waals surface area contributed by atoms with E-state index in [2.05, 4.69) is 5.32 Å². The lowest BCUT2D eigenvalue weighted by Crippen LogP contribution is -2.51. The van der Waals surface area contributed by atoms with Crippen LogP contribution in [0.3, 0.4) is 0 Å². The number of halogens is 2. The molecule has 3 rings (SSSR count). The molecule has 3 aromatic carbocycles. The molecule has 0 spiro atoms. The number of para-hydroxylation sites is 1. The monoisotopic (exact) mass is 545 g/mol. The fraction of sp³-hybridized carbons (Fsp3) is 0.259. The molecule has 1 N–H and O–H groups in total. The predicted octanol–water partition coefficient (Wildman–Crippen LogP) is 4.54. The lowest BCUT2D eigenvalue weighted by atomic mass is 10.1. The van der Waals surface area contributed by atoms with E-state index in [1.807, 2.05) is 6.92 Å². The minimum absolute atomic E-state index is 0.00656. The largest absolute Gasteiger partial charge is 0.355 e. The average molecular weight is 546 g/mol. The van der Waals surface area contributed by atoms with Crippen LogP contribution in [0.15, 0.2) is 77.7 Å². The van der Waals surface area contributed by atoms with Crippen molar-refractivity contribution in [1.29, 1.82) is 0 Å². The minimum Gasteiger partial charge on any atom is -0.355 e. The first-order valence-electron chi connectivity index (χ1n) is 11.7. The molecule has 0 radical (unpaired) electrons. The van der Waals surface area contributed by atoms with Gasteiger partial charge in [-0.05, 0) is 62.7 Å². The zero-order chi connectivity index (χ0) is 27.2. The summed E-state index contributed by atoms with van der Waals surface area (Å²) in [5, 5.41) is 3.13. The summed E-state index contributed by atoms with van der Waals surface area (Å²) in [5.41, 5.74) is 1.22. The second-order valence-corrected chi connectivity index (χ2v) is 10.8. The van der Waals surface area contributed by atoms with Gasteiger partial charge in [0.05, 0.1) is 10.6 Å². The van der Waals surface area contributed by atoms with Gasteiger partial charge < -0.3 is 10.2 Å². The van der Waals surface area contributed by atoms with Crippen molar-refractivity contribution in [2.75, 3.05) is 17.4 Å². The number of carbonyl (C=O) groups is 2.